The average molecular weight is 814 g/mol. The molecular weight excluding hydrogens is 767 g/mol. The largest absolute Gasteiger partial charge is 0.310 e. The summed E-state index contributed by atoms with van der Waals surface area (Å²) in [5.74, 6) is 0. The number of aryl methyl sites for hydroxylation is 1. The van der Waals surface area contributed by atoms with Crippen LogP contribution in [0.4, 0.5) is 17.1 Å². The van der Waals surface area contributed by atoms with Crippen LogP contribution in [0.3, 0.4) is 0 Å². The molecule has 1 heterocycles. The van der Waals surface area contributed by atoms with Gasteiger partial charge in [0.1, 0.15) is 0 Å². The molecule has 0 radical (unpaired) electrons. The van der Waals surface area contributed by atoms with Gasteiger partial charge in [0, 0.05) is 37.5 Å². The van der Waals surface area contributed by atoms with Gasteiger partial charge in [0.15, 0.2) is 0 Å². The van der Waals surface area contributed by atoms with Crippen molar-refractivity contribution in [2.24, 2.45) is 0 Å². The topological polar surface area (TPSA) is 3.24 Å². The summed E-state index contributed by atoms with van der Waals surface area (Å²) in [6.45, 7) is 9.47. The molecule has 1 aromatic heterocycles. The maximum absolute atomic E-state index is 2.43. The van der Waals surface area contributed by atoms with E-state index in [4.69, 9.17) is 0 Å². The molecule has 0 saturated carbocycles. The fourth-order valence-corrected chi connectivity index (χ4v) is 12.0. The first-order valence-electron chi connectivity index (χ1n) is 22.0. The number of anilines is 3. The second kappa shape index (κ2) is 13.9. The van der Waals surface area contributed by atoms with Crippen LogP contribution in [0.25, 0.3) is 71.8 Å². The third-order valence-electron chi connectivity index (χ3n) is 14.2. The molecule has 298 valence electrons. The lowest BCUT2D eigenvalue weighted by molar-refractivity contribution is 0.660. The molecule has 0 saturated heterocycles. The fourth-order valence-electron chi connectivity index (χ4n) is 10.8. The van der Waals surface area contributed by atoms with E-state index in [0.717, 1.165) is 29.9 Å². The molecule has 0 atom stereocenters. The number of hydrogen-bond donors (Lipinski definition) is 0. The van der Waals surface area contributed by atoms with Crippen LogP contribution in [0.1, 0.15) is 66.8 Å². The van der Waals surface area contributed by atoms with Crippen molar-refractivity contribution in [3.05, 3.63) is 215 Å². The van der Waals surface area contributed by atoms with Gasteiger partial charge in [-0.15, -0.1) is 11.3 Å². The molecule has 12 rings (SSSR count). The van der Waals surface area contributed by atoms with Crippen LogP contribution in [0.5, 0.6) is 0 Å². The Morgan fingerprint density at radius 1 is 0.419 bits per heavy atom. The van der Waals surface area contributed by atoms with E-state index in [1.807, 2.05) is 11.3 Å². The van der Waals surface area contributed by atoms with Gasteiger partial charge < -0.3 is 4.90 Å². The molecule has 0 unspecified atom stereocenters. The number of thiophene rings is 1. The summed E-state index contributed by atoms with van der Waals surface area (Å²) in [4.78, 5) is 3.95. The molecule has 3 aliphatic rings. The molecule has 8 aromatic carbocycles. The van der Waals surface area contributed by atoms with Crippen molar-refractivity contribution in [1.29, 1.82) is 0 Å². The number of fused-ring (bicyclic) bond motifs is 9. The maximum Gasteiger partial charge on any atom is 0.0465 e. The zero-order valence-electron chi connectivity index (χ0n) is 35.7. The zero-order valence-corrected chi connectivity index (χ0v) is 36.5. The normalized spacial score (nSPS) is 14.8. The third-order valence-corrected chi connectivity index (χ3v) is 15.4. The lowest BCUT2D eigenvalue weighted by atomic mass is 9.81. The predicted molar refractivity (Wildman–Crippen MR) is 265 cm³/mol. The van der Waals surface area contributed by atoms with E-state index in [-0.39, 0.29) is 10.8 Å². The van der Waals surface area contributed by atoms with E-state index < -0.39 is 0 Å². The van der Waals surface area contributed by atoms with Crippen LogP contribution < -0.4 is 4.90 Å². The lowest BCUT2D eigenvalue weighted by Gasteiger charge is -2.28. The van der Waals surface area contributed by atoms with Gasteiger partial charge in [0.2, 0.25) is 0 Å². The lowest BCUT2D eigenvalue weighted by Crippen LogP contribution is -2.16. The van der Waals surface area contributed by atoms with Crippen molar-refractivity contribution >= 4 is 44.6 Å². The Morgan fingerprint density at radius 3 is 1.71 bits per heavy atom. The monoisotopic (exact) mass is 813 g/mol. The summed E-state index contributed by atoms with van der Waals surface area (Å²) in [6, 6.07) is 66.2. The van der Waals surface area contributed by atoms with Crippen LogP contribution in [0.15, 0.2) is 182 Å². The van der Waals surface area contributed by atoms with Crippen molar-refractivity contribution in [1.82, 2.24) is 0 Å². The van der Waals surface area contributed by atoms with E-state index in [1.54, 1.807) is 0 Å². The first-order chi connectivity index (χ1) is 30.2. The van der Waals surface area contributed by atoms with Crippen LogP contribution >= 0.6 is 11.3 Å². The van der Waals surface area contributed by atoms with E-state index in [1.165, 1.54) is 98.4 Å². The molecule has 0 amide bonds. The average Bonchev–Trinajstić information content (AvgIpc) is 3.88. The standard InChI is InChI=1S/C60H47NS/c1-59(2)53-16-10-8-14-47(53)48-32-29-46(37-56(48)59)61(45-27-20-40(21-28-45)43-23-31-51-50-15-9-11-17-57(50)62-58(51)36-43)44-25-18-39(19-26-44)41-24-33-54-52(34-41)49-30-22-42(35-55(49)60(54,3)4)38-12-6-5-7-13-38/h5-10,12-16,18-37H,11,17H2,1-4H3. The number of allylic oxidation sites excluding steroid dienone is 1. The van der Waals surface area contributed by atoms with Crippen molar-refractivity contribution in [3.8, 4) is 55.6 Å². The first kappa shape index (κ1) is 37.1. The molecule has 0 bridgehead atoms. The summed E-state index contributed by atoms with van der Waals surface area (Å²) in [7, 11) is 0. The van der Waals surface area contributed by atoms with Crippen molar-refractivity contribution in [2.75, 3.05) is 4.90 Å². The second-order valence-electron chi connectivity index (χ2n) is 18.4. The minimum atomic E-state index is -0.0966. The number of rotatable bonds is 6. The summed E-state index contributed by atoms with van der Waals surface area (Å²) in [5.41, 5.74) is 23.0. The smallest absolute Gasteiger partial charge is 0.0465 e. The molecular formula is C60H47NS. The summed E-state index contributed by atoms with van der Waals surface area (Å²) < 4.78 is 1.38. The molecule has 0 aliphatic heterocycles. The summed E-state index contributed by atoms with van der Waals surface area (Å²) >= 11 is 1.96. The van der Waals surface area contributed by atoms with Gasteiger partial charge in [-0.25, -0.2) is 0 Å². The quantitative estimate of drug-likeness (QED) is 0.162. The van der Waals surface area contributed by atoms with Crippen molar-refractivity contribution in [2.45, 2.75) is 51.4 Å². The van der Waals surface area contributed by atoms with Crippen LogP contribution in [-0.4, -0.2) is 0 Å². The SMILES string of the molecule is CC1(C)c2ccc(-c3ccc(N(c4ccc(-c5ccc6c7c(sc6c5)CCC=C7)cc4)c4ccc5c(c4)C(C)(C)c4ccccc4-5)cc3)cc2-c2ccc(-c3ccccc3)cc21. The van der Waals surface area contributed by atoms with E-state index in [2.05, 4.69) is 221 Å². The number of nitrogens with zero attached hydrogens (tertiary/aromatic N) is 1. The highest BCUT2D eigenvalue weighted by molar-refractivity contribution is 7.19. The zero-order chi connectivity index (χ0) is 41.7. The van der Waals surface area contributed by atoms with Crippen LogP contribution in [-0.2, 0) is 17.3 Å². The summed E-state index contributed by atoms with van der Waals surface area (Å²) in [5, 5.41) is 1.38. The van der Waals surface area contributed by atoms with Gasteiger partial charge in [-0.2, -0.15) is 0 Å². The Hall–Kier alpha value is -6.74. The molecule has 2 heteroatoms. The van der Waals surface area contributed by atoms with Gasteiger partial charge in [-0.3, -0.25) is 0 Å². The van der Waals surface area contributed by atoms with Gasteiger partial charge >= 0.3 is 0 Å². The van der Waals surface area contributed by atoms with Crippen molar-refractivity contribution in [3.63, 3.8) is 0 Å². The Morgan fingerprint density at radius 2 is 0.952 bits per heavy atom. The molecule has 0 fully saturated rings. The van der Waals surface area contributed by atoms with Gasteiger partial charge in [0.25, 0.3) is 0 Å². The third kappa shape index (κ3) is 5.73. The van der Waals surface area contributed by atoms with Crippen LogP contribution in [0.2, 0.25) is 0 Å². The first-order valence-corrected chi connectivity index (χ1v) is 22.9. The number of benzene rings is 8. The predicted octanol–water partition coefficient (Wildman–Crippen LogP) is 16.9. The molecule has 9 aromatic rings. The highest BCUT2D eigenvalue weighted by Crippen LogP contribution is 2.52. The highest BCUT2D eigenvalue weighted by atomic mass is 32.1. The Labute approximate surface area is 369 Å². The minimum absolute atomic E-state index is 0.0759. The highest BCUT2D eigenvalue weighted by Gasteiger charge is 2.37. The maximum atomic E-state index is 2.43. The summed E-state index contributed by atoms with van der Waals surface area (Å²) in [6.07, 6.45) is 6.92. The molecule has 0 N–H and O–H groups in total. The van der Waals surface area contributed by atoms with Crippen molar-refractivity contribution < 1.29 is 0 Å². The fraction of sp³-hybridized carbons (Fsp3) is 0.133. The Kier molecular flexibility index (Phi) is 8.30. The van der Waals surface area contributed by atoms with E-state index in [0.29, 0.717) is 0 Å². The van der Waals surface area contributed by atoms with Gasteiger partial charge in [0.05, 0.1) is 0 Å². The Balaban J connectivity index is 0.917. The molecule has 1 nitrogen and oxygen atoms in total. The van der Waals surface area contributed by atoms with E-state index in [9.17, 15) is 0 Å². The molecule has 3 aliphatic carbocycles. The van der Waals surface area contributed by atoms with Gasteiger partial charge in [-0.05, 0) is 156 Å². The second-order valence-corrected chi connectivity index (χ2v) is 19.6. The molecule has 0 spiro atoms. The molecule has 62 heavy (non-hydrogen) atoms. The number of hydrogen-bond acceptors (Lipinski definition) is 2. The van der Waals surface area contributed by atoms with E-state index >= 15 is 0 Å². The Bertz CT molecular complexity index is 3270. The van der Waals surface area contributed by atoms with Gasteiger partial charge in [-0.1, -0.05) is 161 Å². The minimum Gasteiger partial charge on any atom is -0.310 e. The van der Waals surface area contributed by atoms with Crippen LogP contribution in [0, 0.1) is 0 Å².